The van der Waals surface area contributed by atoms with Crippen LogP contribution in [0.25, 0.3) is 0 Å². The molecule has 0 saturated carbocycles. The van der Waals surface area contributed by atoms with Gasteiger partial charge in [-0.25, -0.2) is 8.42 Å². The van der Waals surface area contributed by atoms with Crippen LogP contribution in [0.4, 0.5) is 18.9 Å². The first kappa shape index (κ1) is 21.9. The van der Waals surface area contributed by atoms with E-state index in [1.54, 1.807) is 24.3 Å². The maximum Gasteiger partial charge on any atom is 0.393 e. The Balaban J connectivity index is 2.28. The van der Waals surface area contributed by atoms with E-state index in [9.17, 15) is 26.4 Å². The smallest absolute Gasteiger partial charge is 0.393 e. The molecule has 0 saturated heterocycles. The molecule has 0 fully saturated rings. The van der Waals surface area contributed by atoms with Crippen molar-refractivity contribution in [2.75, 3.05) is 5.73 Å². The van der Waals surface area contributed by atoms with E-state index in [1.807, 2.05) is 0 Å². The van der Waals surface area contributed by atoms with Gasteiger partial charge < -0.3 is 5.73 Å². The Morgan fingerprint density at radius 1 is 0.967 bits per heavy atom. The molecule has 0 aliphatic heterocycles. The number of halogens is 4. The summed E-state index contributed by atoms with van der Waals surface area (Å²) in [5.41, 5.74) is 4.32. The third-order valence-corrected chi connectivity index (χ3v) is 6.64. The summed E-state index contributed by atoms with van der Waals surface area (Å²) in [5, 5.41) is -0.429. The lowest BCUT2D eigenvalue weighted by Gasteiger charge is -2.19. The van der Waals surface area contributed by atoms with Gasteiger partial charge in [-0.2, -0.15) is 13.2 Å². The first-order valence-electron chi connectivity index (χ1n) is 8.60. The molecular weight excluding hydrogens is 439 g/mol. The number of nitrogen functional groups attached to an aromatic ring is 1. The predicted octanol–water partition coefficient (Wildman–Crippen LogP) is 5.09. The largest absolute Gasteiger partial charge is 0.397 e. The summed E-state index contributed by atoms with van der Waals surface area (Å²) in [7, 11) is -4.32. The van der Waals surface area contributed by atoms with Crippen molar-refractivity contribution in [3.8, 4) is 0 Å². The molecule has 0 aliphatic carbocycles. The Morgan fingerprint density at radius 2 is 1.50 bits per heavy atom. The standard InChI is InChI=1S/C21H15ClF3NO3S/c22-17-11-15(19(27)13-7-3-1-4-8-13)16(12-21(23,24)25)18(26)20(17)30(28,29)14-9-5-2-6-10-14/h1-11H,12,26H2. The first-order chi connectivity index (χ1) is 14.0. The van der Waals surface area contributed by atoms with Crippen molar-refractivity contribution >= 4 is 32.9 Å². The quantitative estimate of drug-likeness (QED) is 0.431. The Labute approximate surface area is 176 Å². The van der Waals surface area contributed by atoms with E-state index in [4.69, 9.17) is 17.3 Å². The highest BCUT2D eigenvalue weighted by molar-refractivity contribution is 7.91. The Kier molecular flexibility index (Phi) is 5.92. The second-order valence-corrected chi connectivity index (χ2v) is 8.72. The Hall–Kier alpha value is -2.84. The molecule has 0 radical (unpaired) electrons. The number of sulfone groups is 1. The highest BCUT2D eigenvalue weighted by Crippen LogP contribution is 2.39. The fraction of sp³-hybridized carbons (Fsp3) is 0.0952. The molecule has 0 bridgehead atoms. The number of nitrogens with two attached hydrogens (primary N) is 1. The number of benzene rings is 3. The number of ketones is 1. The molecule has 0 aromatic heterocycles. The van der Waals surface area contributed by atoms with Gasteiger partial charge in [0.05, 0.1) is 22.0 Å². The zero-order valence-electron chi connectivity index (χ0n) is 15.3. The van der Waals surface area contributed by atoms with Crippen molar-refractivity contribution in [1.82, 2.24) is 0 Å². The van der Waals surface area contributed by atoms with E-state index in [1.165, 1.54) is 36.4 Å². The van der Waals surface area contributed by atoms with Crippen LogP contribution in [0.5, 0.6) is 0 Å². The van der Waals surface area contributed by atoms with Gasteiger partial charge in [0.1, 0.15) is 4.90 Å². The van der Waals surface area contributed by atoms with Gasteiger partial charge in [-0.15, -0.1) is 0 Å². The topological polar surface area (TPSA) is 77.2 Å². The summed E-state index contributed by atoms with van der Waals surface area (Å²) in [5.74, 6) is -0.743. The summed E-state index contributed by atoms with van der Waals surface area (Å²) in [6, 6.07) is 15.6. The van der Waals surface area contributed by atoms with Crippen LogP contribution in [-0.4, -0.2) is 20.4 Å². The third kappa shape index (κ3) is 4.34. The van der Waals surface area contributed by atoms with Crippen LogP contribution in [-0.2, 0) is 16.3 Å². The number of carbonyl (C=O) groups excluding carboxylic acids is 1. The number of rotatable bonds is 5. The number of hydrogen-bond donors (Lipinski definition) is 1. The van der Waals surface area contributed by atoms with E-state index >= 15 is 0 Å². The van der Waals surface area contributed by atoms with Crippen LogP contribution in [0.3, 0.4) is 0 Å². The Bertz CT molecular complexity index is 1200. The van der Waals surface area contributed by atoms with Crippen molar-refractivity contribution in [1.29, 1.82) is 0 Å². The summed E-state index contributed by atoms with van der Waals surface area (Å²) >= 11 is 6.15. The van der Waals surface area contributed by atoms with Gasteiger partial charge in [0.2, 0.25) is 9.84 Å². The van der Waals surface area contributed by atoms with E-state index < -0.39 is 55.0 Å². The van der Waals surface area contributed by atoms with Crippen LogP contribution >= 0.6 is 11.6 Å². The van der Waals surface area contributed by atoms with Crippen LogP contribution in [0.1, 0.15) is 21.5 Å². The van der Waals surface area contributed by atoms with Crippen molar-refractivity contribution in [2.45, 2.75) is 22.4 Å². The molecule has 3 rings (SSSR count). The fourth-order valence-electron chi connectivity index (χ4n) is 3.02. The van der Waals surface area contributed by atoms with Crippen LogP contribution < -0.4 is 5.73 Å². The van der Waals surface area contributed by atoms with Gasteiger partial charge in [0.15, 0.2) is 5.78 Å². The average molecular weight is 454 g/mol. The molecule has 0 spiro atoms. The maximum atomic E-state index is 13.3. The minimum Gasteiger partial charge on any atom is -0.397 e. The van der Waals surface area contributed by atoms with Crippen LogP contribution in [0.2, 0.25) is 5.02 Å². The third-order valence-electron chi connectivity index (χ3n) is 4.36. The van der Waals surface area contributed by atoms with Gasteiger partial charge in [0, 0.05) is 11.1 Å². The van der Waals surface area contributed by atoms with Gasteiger partial charge >= 0.3 is 6.18 Å². The SMILES string of the molecule is Nc1c(CC(F)(F)F)c(C(=O)c2ccccc2)cc(Cl)c1S(=O)(=O)c1ccccc1. The van der Waals surface area contributed by atoms with Crippen molar-refractivity contribution in [2.24, 2.45) is 0 Å². The van der Waals surface area contributed by atoms with Gasteiger partial charge in [-0.3, -0.25) is 4.79 Å². The first-order valence-corrected chi connectivity index (χ1v) is 10.5. The summed E-state index contributed by atoms with van der Waals surface area (Å²) in [6.07, 6.45) is -6.32. The molecule has 156 valence electrons. The van der Waals surface area contributed by atoms with Crippen molar-refractivity contribution < 1.29 is 26.4 Å². The predicted molar refractivity (Wildman–Crippen MR) is 107 cm³/mol. The minimum absolute atomic E-state index is 0.120. The number of hydrogen-bond acceptors (Lipinski definition) is 4. The summed E-state index contributed by atoms with van der Waals surface area (Å²) < 4.78 is 65.8. The lowest BCUT2D eigenvalue weighted by molar-refractivity contribution is -0.127. The molecule has 30 heavy (non-hydrogen) atoms. The second kappa shape index (κ2) is 8.12. The number of anilines is 1. The molecule has 0 aliphatic rings. The van der Waals surface area contributed by atoms with Gasteiger partial charge in [-0.1, -0.05) is 60.1 Å². The molecule has 2 N–H and O–H groups in total. The maximum absolute atomic E-state index is 13.3. The molecule has 3 aromatic carbocycles. The van der Waals surface area contributed by atoms with Crippen molar-refractivity contribution in [3.63, 3.8) is 0 Å². The fourth-order valence-corrected chi connectivity index (χ4v) is 5.01. The molecule has 0 unspecified atom stereocenters. The summed E-state index contributed by atoms with van der Waals surface area (Å²) in [6.45, 7) is 0. The minimum atomic E-state index is -4.73. The molecular formula is C21H15ClF3NO3S. The van der Waals surface area contributed by atoms with Gasteiger partial charge in [-0.05, 0) is 23.8 Å². The molecule has 4 nitrogen and oxygen atoms in total. The Morgan fingerprint density at radius 3 is 2.03 bits per heavy atom. The molecule has 3 aromatic rings. The highest BCUT2D eigenvalue weighted by atomic mass is 35.5. The average Bonchev–Trinajstić information content (AvgIpc) is 2.70. The molecule has 0 heterocycles. The highest BCUT2D eigenvalue weighted by Gasteiger charge is 2.35. The monoisotopic (exact) mass is 453 g/mol. The van der Waals surface area contributed by atoms with E-state index in [0.717, 1.165) is 6.07 Å². The zero-order valence-corrected chi connectivity index (χ0v) is 16.9. The second-order valence-electron chi connectivity index (χ2n) is 6.43. The molecule has 9 heteroatoms. The normalized spacial score (nSPS) is 12.0. The lowest BCUT2D eigenvalue weighted by atomic mass is 9.95. The number of alkyl halides is 3. The lowest BCUT2D eigenvalue weighted by Crippen LogP contribution is -2.19. The van der Waals surface area contributed by atoms with E-state index in [0.29, 0.717) is 0 Å². The van der Waals surface area contributed by atoms with E-state index in [2.05, 4.69) is 0 Å². The van der Waals surface area contributed by atoms with Crippen LogP contribution in [0, 0.1) is 0 Å². The number of carbonyl (C=O) groups is 1. The van der Waals surface area contributed by atoms with E-state index in [-0.39, 0.29) is 10.5 Å². The zero-order chi connectivity index (χ0) is 22.1. The molecule has 0 amide bonds. The summed E-state index contributed by atoms with van der Waals surface area (Å²) in [4.78, 5) is 12.0. The van der Waals surface area contributed by atoms with Gasteiger partial charge in [0.25, 0.3) is 0 Å². The molecule has 0 atom stereocenters. The van der Waals surface area contributed by atoms with Crippen LogP contribution in [0.15, 0.2) is 76.5 Å². The van der Waals surface area contributed by atoms with Crippen molar-refractivity contribution in [3.05, 3.63) is 88.4 Å².